The summed E-state index contributed by atoms with van der Waals surface area (Å²) in [6.07, 6.45) is 0. The van der Waals surface area contributed by atoms with Crippen molar-refractivity contribution in [2.24, 2.45) is 0 Å². The molecular weight excluding hydrogens is 1170 g/mol. The SMILES string of the molecule is CC(C)[Si](C#Cc1ccc2cc3c(cc2c1)[C@H]1c2cc4ccc(C#C[Si](C(C)C)(C(C)C)C(C)C)cc4cc2[C@@H]3[C@H]2c3cc4ccc(C#C[Si](C(C)C)(C(C)C)C(C)C)cc4cc3[C@@H]1c1cc3ccc(C#C[Si](C(C)C)(C(C)C)C(C)C)cc3cc12)(C(C)C)C(C)C. The summed E-state index contributed by atoms with van der Waals surface area (Å²) in [5.74, 6) is 15.7. The molecule has 0 heterocycles. The lowest BCUT2D eigenvalue weighted by Gasteiger charge is -2.50. The van der Waals surface area contributed by atoms with Gasteiger partial charge in [-0.15, -0.1) is 22.2 Å². The van der Waals surface area contributed by atoms with E-state index in [1.165, 1.54) is 87.6 Å². The molecule has 4 bridgehead atoms. The maximum atomic E-state index is 4.09. The van der Waals surface area contributed by atoms with E-state index in [1.54, 1.807) is 0 Å². The summed E-state index contributed by atoms with van der Waals surface area (Å²) < 4.78 is 0. The minimum atomic E-state index is -1.97. The van der Waals surface area contributed by atoms with E-state index in [0.29, 0.717) is 66.5 Å². The Morgan fingerprint density at radius 2 is 0.337 bits per heavy atom. The van der Waals surface area contributed by atoms with Crippen molar-refractivity contribution in [2.45, 2.75) is 256 Å². The molecule has 6 aliphatic carbocycles. The summed E-state index contributed by atoms with van der Waals surface area (Å²) in [5, 5.41) is 10.3. The predicted octanol–water partition coefficient (Wildman–Crippen LogP) is 25.4. The van der Waals surface area contributed by atoms with E-state index in [9.17, 15) is 0 Å². The second-order valence-electron chi connectivity index (χ2n) is 32.7. The predicted molar refractivity (Wildman–Crippen MR) is 415 cm³/mol. The van der Waals surface area contributed by atoms with E-state index in [0.717, 1.165) is 22.3 Å². The third kappa shape index (κ3) is 10.9. The molecule has 4 atom stereocenters. The van der Waals surface area contributed by atoms with Crippen LogP contribution in [0.15, 0.2) is 121 Å². The first-order valence-corrected chi connectivity index (χ1v) is 44.8. The van der Waals surface area contributed by atoms with E-state index < -0.39 is 32.3 Å². The number of fused-ring (bicyclic) bond motifs is 4. The van der Waals surface area contributed by atoms with Crippen molar-refractivity contribution in [3.05, 3.63) is 188 Å². The van der Waals surface area contributed by atoms with Gasteiger partial charge in [-0.3, -0.25) is 0 Å². The van der Waals surface area contributed by atoms with Gasteiger partial charge >= 0.3 is 0 Å². The van der Waals surface area contributed by atoms with Crippen molar-refractivity contribution >= 4 is 75.4 Å². The zero-order chi connectivity index (χ0) is 66.6. The fourth-order valence-corrected chi connectivity index (χ4v) is 41.3. The molecule has 0 saturated carbocycles. The van der Waals surface area contributed by atoms with Crippen LogP contribution in [0.3, 0.4) is 0 Å². The molecule has 476 valence electrons. The van der Waals surface area contributed by atoms with E-state index in [-0.39, 0.29) is 23.7 Å². The van der Waals surface area contributed by atoms with Crippen LogP contribution in [0.5, 0.6) is 0 Å². The van der Waals surface area contributed by atoms with E-state index in [2.05, 4.69) is 333 Å². The molecule has 0 unspecified atom stereocenters. The van der Waals surface area contributed by atoms with Gasteiger partial charge in [0.15, 0.2) is 0 Å². The van der Waals surface area contributed by atoms with Gasteiger partial charge in [-0.1, -0.05) is 263 Å². The second-order valence-corrected chi connectivity index (χ2v) is 55.0. The summed E-state index contributed by atoms with van der Waals surface area (Å²) in [4.78, 5) is 0. The van der Waals surface area contributed by atoms with Gasteiger partial charge in [-0.25, -0.2) is 0 Å². The molecular formula is C88H108Si4. The van der Waals surface area contributed by atoms with Crippen molar-refractivity contribution in [1.29, 1.82) is 0 Å². The van der Waals surface area contributed by atoms with Crippen LogP contribution in [-0.2, 0) is 0 Å². The Morgan fingerprint density at radius 3 is 0.478 bits per heavy atom. The first-order valence-electron chi connectivity index (χ1n) is 35.9. The van der Waals surface area contributed by atoms with E-state index in [4.69, 9.17) is 0 Å². The van der Waals surface area contributed by atoms with Gasteiger partial charge in [0.05, 0.1) is 0 Å². The Balaban J connectivity index is 1.20. The Kier molecular flexibility index (Phi) is 18.5. The molecule has 6 aliphatic rings. The molecule has 0 nitrogen and oxygen atoms in total. The zero-order valence-electron chi connectivity index (χ0n) is 60.8. The van der Waals surface area contributed by atoms with Crippen LogP contribution < -0.4 is 0 Å². The highest BCUT2D eigenvalue weighted by molar-refractivity contribution is 6.92. The molecule has 0 aliphatic heterocycles. The van der Waals surface area contributed by atoms with Crippen LogP contribution in [0.25, 0.3) is 43.1 Å². The largest absolute Gasteiger partial charge is 0.146 e. The summed E-state index contributed by atoms with van der Waals surface area (Å²) >= 11 is 0. The summed E-state index contributed by atoms with van der Waals surface area (Å²) in [5.41, 5.74) is 39.5. The molecule has 0 fully saturated rings. The normalized spacial score (nSPS) is 17.1. The molecule has 0 amide bonds. The lowest BCUT2D eigenvalue weighted by atomic mass is 9.52. The zero-order valence-corrected chi connectivity index (χ0v) is 64.8. The average molecular weight is 1280 g/mol. The maximum absolute atomic E-state index is 4.09. The highest BCUT2D eigenvalue weighted by Gasteiger charge is 2.51. The first kappa shape index (κ1) is 67.3. The minimum Gasteiger partial charge on any atom is -0.125 e. The Bertz CT molecular complexity index is 3810. The third-order valence-electron chi connectivity index (χ3n) is 24.7. The summed E-state index contributed by atoms with van der Waals surface area (Å²) in [6.45, 7) is 58.2. The molecule has 0 N–H and O–H groups in total. The lowest BCUT2D eigenvalue weighted by molar-refractivity contribution is 0.532. The Hall–Kier alpha value is -6.09. The van der Waals surface area contributed by atoms with Crippen LogP contribution in [0, 0.1) is 45.9 Å². The van der Waals surface area contributed by atoms with Gasteiger partial charge in [0.25, 0.3) is 0 Å². The van der Waals surface area contributed by atoms with E-state index >= 15 is 0 Å². The first-order chi connectivity index (χ1) is 43.4. The fraction of sp³-hybridized carbons (Fsp3) is 0.455. The molecule has 0 radical (unpaired) electrons. The molecule has 8 aromatic rings. The topological polar surface area (TPSA) is 0 Å². The molecule has 92 heavy (non-hydrogen) atoms. The van der Waals surface area contributed by atoms with Gasteiger partial charge in [-0.2, -0.15) is 0 Å². The number of rotatable bonds is 12. The maximum Gasteiger partial charge on any atom is 0.146 e. The van der Waals surface area contributed by atoms with Crippen LogP contribution >= 0.6 is 0 Å². The van der Waals surface area contributed by atoms with Crippen molar-refractivity contribution in [1.82, 2.24) is 0 Å². The highest BCUT2D eigenvalue weighted by Crippen LogP contribution is 2.66. The quantitative estimate of drug-likeness (QED) is 0.0845. The molecule has 14 rings (SSSR count). The molecule has 0 saturated heterocycles. The average Bonchev–Trinajstić information content (AvgIpc) is 0.679. The monoisotopic (exact) mass is 1280 g/mol. The van der Waals surface area contributed by atoms with Gasteiger partial charge in [0, 0.05) is 45.9 Å². The lowest BCUT2D eigenvalue weighted by Crippen LogP contribution is -2.43. The van der Waals surface area contributed by atoms with Crippen molar-refractivity contribution in [3.8, 4) is 45.9 Å². The van der Waals surface area contributed by atoms with Gasteiger partial charge < -0.3 is 0 Å². The van der Waals surface area contributed by atoms with Gasteiger partial charge in [0.1, 0.15) is 32.3 Å². The highest BCUT2D eigenvalue weighted by atomic mass is 28.3. The molecule has 8 aromatic carbocycles. The Labute approximate surface area is 561 Å². The summed E-state index contributed by atoms with van der Waals surface area (Å²) in [6, 6.07) is 49.7. The number of hydrogen-bond donors (Lipinski definition) is 0. The standard InChI is InChI=1S/C88H108Si4/c1-53(2)89(54(3)4,55(5)6)37-33-65-25-29-69-45-77-81(49-73(69)41-65)85-78-46-70-30-26-66(34-38-90(56(7)8,57(9)10)58(11)12)42-74(70)50-82(78)86(77)88-80-48-72-32-28-67(35-39-91(59(13)14,60(15)16)61(17)18)43-75(72)51-83(80)87(85)79-47-71-31-27-68(44-76(71)52-84(79)88)36-40-92(62(19)20,63(21)22)64(23)24/h25-32,41-64,85-88H,1-24H3/t85-,86-,87+,88+. The van der Waals surface area contributed by atoms with Crippen LogP contribution in [0.1, 0.15) is 257 Å². The summed E-state index contributed by atoms with van der Waals surface area (Å²) in [7, 11) is -7.88. The van der Waals surface area contributed by atoms with Gasteiger partial charge in [0.2, 0.25) is 0 Å². The van der Waals surface area contributed by atoms with Gasteiger partial charge in [-0.05, 0) is 203 Å². The number of hydrogen-bond acceptors (Lipinski definition) is 0. The molecule has 4 heteroatoms. The fourth-order valence-electron chi connectivity index (χ4n) is 20.4. The smallest absolute Gasteiger partial charge is 0.125 e. The van der Waals surface area contributed by atoms with Crippen molar-refractivity contribution < 1.29 is 0 Å². The Morgan fingerprint density at radius 1 is 0.196 bits per heavy atom. The van der Waals surface area contributed by atoms with Crippen molar-refractivity contribution in [3.63, 3.8) is 0 Å². The molecule has 0 aromatic heterocycles. The second kappa shape index (κ2) is 25.2. The van der Waals surface area contributed by atoms with E-state index in [1.807, 2.05) is 0 Å². The van der Waals surface area contributed by atoms with Crippen LogP contribution in [0.2, 0.25) is 66.5 Å². The van der Waals surface area contributed by atoms with Crippen LogP contribution in [-0.4, -0.2) is 32.3 Å². The van der Waals surface area contributed by atoms with Crippen molar-refractivity contribution in [2.75, 3.05) is 0 Å². The number of benzene rings is 8. The molecule has 0 spiro atoms. The minimum absolute atomic E-state index is 0.0366. The van der Waals surface area contributed by atoms with Crippen LogP contribution in [0.4, 0.5) is 0 Å². The third-order valence-corrected chi connectivity index (χ3v) is 49.8.